The minimum absolute atomic E-state index is 0.116. The highest BCUT2D eigenvalue weighted by Gasteiger charge is 2.70. The number of amides is 3. The fraction of sp³-hybridized carbons (Fsp3) is 0.314. The number of halogens is 3. The number of para-hydroxylation sites is 2. The lowest BCUT2D eigenvalue weighted by Crippen LogP contribution is -2.42. The molecule has 3 amide bonds. The highest BCUT2D eigenvalue weighted by Crippen LogP contribution is 2.68. The number of fused-ring (bicyclic) bond motifs is 9. The average molecular weight is 692 g/mol. The van der Waals surface area contributed by atoms with Crippen molar-refractivity contribution in [2.45, 2.75) is 35.7 Å². The van der Waals surface area contributed by atoms with Gasteiger partial charge in [0.15, 0.2) is 6.61 Å². The largest absolute Gasteiger partial charge is 0.484 e. The average Bonchev–Trinajstić information content (AvgIpc) is 3.80. The molecule has 1 saturated heterocycles. The number of thiazole rings is 1. The van der Waals surface area contributed by atoms with Crippen molar-refractivity contribution in [3.8, 4) is 5.75 Å². The summed E-state index contributed by atoms with van der Waals surface area (Å²) in [6.45, 7) is 1.70. The lowest BCUT2D eigenvalue weighted by Gasteiger charge is -2.43. The van der Waals surface area contributed by atoms with Gasteiger partial charge in [-0.1, -0.05) is 53.8 Å². The first-order chi connectivity index (χ1) is 23.0. The van der Waals surface area contributed by atoms with Crippen LogP contribution in [0.1, 0.15) is 33.9 Å². The van der Waals surface area contributed by atoms with Gasteiger partial charge in [-0.05, 0) is 72.6 Å². The van der Waals surface area contributed by atoms with Crippen LogP contribution < -0.4 is 19.8 Å². The van der Waals surface area contributed by atoms with E-state index in [-0.39, 0.29) is 46.3 Å². The highest BCUT2D eigenvalue weighted by molar-refractivity contribution is 8.00. The zero-order valence-electron chi connectivity index (χ0n) is 25.3. The van der Waals surface area contributed by atoms with Crippen LogP contribution >= 0.6 is 23.1 Å². The maximum atomic E-state index is 14.0. The van der Waals surface area contributed by atoms with Gasteiger partial charge in [0.1, 0.15) is 5.75 Å². The predicted octanol–water partition coefficient (Wildman–Crippen LogP) is 6.46. The Morgan fingerprint density at radius 3 is 2.38 bits per heavy atom. The molecule has 2 N–H and O–H groups in total. The molecule has 8 rings (SSSR count). The van der Waals surface area contributed by atoms with Gasteiger partial charge in [-0.25, -0.2) is 4.90 Å². The number of carbonyl (C=O) groups is 3. The van der Waals surface area contributed by atoms with Crippen LogP contribution in [0, 0.1) is 36.5 Å². The van der Waals surface area contributed by atoms with Crippen LogP contribution in [-0.4, -0.2) is 34.6 Å². The Bertz CT molecular complexity index is 2030. The van der Waals surface area contributed by atoms with Crippen LogP contribution in [0.15, 0.2) is 82.6 Å². The summed E-state index contributed by atoms with van der Waals surface area (Å²) in [7, 11) is 0. The molecule has 4 aliphatic rings. The summed E-state index contributed by atoms with van der Waals surface area (Å²) >= 11 is 2.62. The van der Waals surface area contributed by atoms with Gasteiger partial charge in [0.05, 0.1) is 28.1 Å². The molecule has 2 bridgehead atoms. The van der Waals surface area contributed by atoms with E-state index in [9.17, 15) is 32.3 Å². The minimum atomic E-state index is -4.73. The summed E-state index contributed by atoms with van der Waals surface area (Å²) < 4.78 is 47.6. The summed E-state index contributed by atoms with van der Waals surface area (Å²) in [5, 5.41) is 3.45. The van der Waals surface area contributed by atoms with Crippen LogP contribution in [0.2, 0.25) is 0 Å². The Morgan fingerprint density at radius 2 is 1.65 bits per heavy atom. The number of H-pyrrole nitrogens is 1. The Labute approximate surface area is 280 Å². The van der Waals surface area contributed by atoms with E-state index in [0.29, 0.717) is 17.9 Å². The van der Waals surface area contributed by atoms with Gasteiger partial charge in [0, 0.05) is 21.7 Å². The number of aromatic amines is 1. The number of hydrogen-bond donors (Lipinski definition) is 2. The molecule has 3 fully saturated rings. The predicted molar refractivity (Wildman–Crippen MR) is 174 cm³/mol. The molecule has 246 valence electrons. The van der Waals surface area contributed by atoms with Crippen molar-refractivity contribution in [2.24, 2.45) is 29.6 Å². The second kappa shape index (κ2) is 11.4. The molecule has 0 radical (unpaired) electrons. The number of nitrogens with one attached hydrogen (secondary N) is 2. The normalized spacial score (nSPS) is 27.1. The quantitative estimate of drug-likeness (QED) is 0.225. The van der Waals surface area contributed by atoms with Crippen LogP contribution in [0.3, 0.4) is 0 Å². The molecule has 8 nitrogen and oxygen atoms in total. The van der Waals surface area contributed by atoms with E-state index in [2.05, 4.69) is 10.3 Å². The number of imide groups is 1. The summed E-state index contributed by atoms with van der Waals surface area (Å²) in [5.74, 6) is -3.33. The van der Waals surface area contributed by atoms with Gasteiger partial charge < -0.3 is 15.0 Å². The van der Waals surface area contributed by atoms with Gasteiger partial charge in [0.25, 0.3) is 5.91 Å². The van der Waals surface area contributed by atoms with E-state index >= 15 is 0 Å². The van der Waals surface area contributed by atoms with Crippen LogP contribution in [0.5, 0.6) is 5.75 Å². The van der Waals surface area contributed by atoms with Gasteiger partial charge in [0.2, 0.25) is 11.8 Å². The number of benzene rings is 3. The number of hydrogen-bond acceptors (Lipinski definition) is 7. The number of ether oxygens (including phenoxy) is 1. The van der Waals surface area contributed by atoms with Crippen molar-refractivity contribution in [3.05, 3.63) is 104 Å². The summed E-state index contributed by atoms with van der Waals surface area (Å²) in [5.41, 5.74) is 1.08. The van der Waals surface area contributed by atoms with E-state index in [1.165, 1.54) is 30.0 Å². The monoisotopic (exact) mass is 691 g/mol. The zero-order chi connectivity index (χ0) is 33.5. The second-order valence-electron chi connectivity index (χ2n) is 12.7. The first-order valence-electron chi connectivity index (χ1n) is 15.5. The molecule has 7 atom stereocenters. The molecule has 3 aromatic carbocycles. The van der Waals surface area contributed by atoms with Gasteiger partial charge >= 0.3 is 11.0 Å². The fourth-order valence-corrected chi connectivity index (χ4v) is 11.2. The minimum Gasteiger partial charge on any atom is -0.484 e. The van der Waals surface area contributed by atoms with E-state index in [4.69, 9.17) is 4.74 Å². The molecule has 1 aromatic heterocycles. The van der Waals surface area contributed by atoms with E-state index < -0.39 is 41.1 Å². The number of nitrogens with zero attached hydrogens (tertiary/aromatic N) is 1. The Balaban J connectivity index is 1.07. The number of alkyl halides is 3. The number of rotatable bonds is 6. The van der Waals surface area contributed by atoms with Crippen molar-refractivity contribution in [3.63, 3.8) is 0 Å². The molecule has 2 saturated carbocycles. The maximum Gasteiger partial charge on any atom is 0.418 e. The molecule has 3 heterocycles. The molecule has 0 unspecified atom stereocenters. The molecule has 4 aromatic rings. The Morgan fingerprint density at radius 1 is 0.958 bits per heavy atom. The first kappa shape index (κ1) is 30.9. The van der Waals surface area contributed by atoms with Crippen molar-refractivity contribution < 1.29 is 32.3 Å². The van der Waals surface area contributed by atoms with Crippen LogP contribution in [0.25, 0.3) is 0 Å². The molecule has 2 aliphatic heterocycles. The molecule has 2 aliphatic carbocycles. The van der Waals surface area contributed by atoms with Crippen molar-refractivity contribution in [1.82, 2.24) is 4.98 Å². The Hall–Kier alpha value is -4.36. The lowest BCUT2D eigenvalue weighted by molar-refractivity contribution is -0.137. The number of aromatic nitrogens is 1. The zero-order valence-corrected chi connectivity index (χ0v) is 27.0. The topological polar surface area (TPSA) is 109 Å². The third-order valence-corrected chi connectivity index (χ3v) is 12.8. The van der Waals surface area contributed by atoms with Crippen LogP contribution in [0.4, 0.5) is 24.5 Å². The van der Waals surface area contributed by atoms with Crippen molar-refractivity contribution >= 4 is 52.2 Å². The van der Waals surface area contributed by atoms with Crippen molar-refractivity contribution in [1.29, 1.82) is 0 Å². The summed E-state index contributed by atoms with van der Waals surface area (Å²) in [4.78, 5) is 57.3. The smallest absolute Gasteiger partial charge is 0.418 e. The van der Waals surface area contributed by atoms with Gasteiger partial charge in [-0.15, -0.1) is 11.8 Å². The van der Waals surface area contributed by atoms with Gasteiger partial charge in [-0.2, -0.15) is 13.2 Å². The molecule has 13 heteroatoms. The number of carbonyl (C=O) groups excluding carboxylic acids is 3. The van der Waals surface area contributed by atoms with E-state index in [0.717, 1.165) is 43.3 Å². The SMILES string of the molecule is Cc1ccccc1NC(=O)COc1ccc([C@@H]2c3sc(=O)[nH]c3S[C@@H]3[C@@H]4C[C@@H]([C@@H]5C(=O)N(c6ccccc6C(F)(F)F)C(=O)[C@@H]45)[C@H]23)cc1. The number of anilines is 2. The van der Waals surface area contributed by atoms with E-state index in [1.54, 1.807) is 12.1 Å². The standard InChI is InChI=1S/C35H28F3N3O5S2/c1-16-6-2-4-8-22(16)39-24(42)15-46-18-12-10-17(11-13-18)25-26-19-14-20(29(26)47-31-30(25)48-34(45)40-31)28-27(19)32(43)41(33(28)44)23-9-5-3-7-21(23)35(36,37)38/h2-13,19-20,25-29H,14-15H2,1H3,(H,39,42)(H,40,45)/t19-,20-,25+,26-,27+,28+,29-/m1/s1. The number of thioether (sulfide) groups is 1. The summed E-state index contributed by atoms with van der Waals surface area (Å²) in [6.07, 6.45) is -4.12. The highest BCUT2D eigenvalue weighted by atomic mass is 32.2. The molecule has 48 heavy (non-hydrogen) atoms. The fourth-order valence-electron chi connectivity index (χ4n) is 8.36. The van der Waals surface area contributed by atoms with Gasteiger partial charge in [-0.3, -0.25) is 19.2 Å². The third-order valence-electron chi connectivity index (χ3n) is 10.2. The second-order valence-corrected chi connectivity index (χ2v) is 14.9. The third kappa shape index (κ3) is 4.89. The van der Waals surface area contributed by atoms with Crippen LogP contribution in [-0.2, 0) is 20.6 Å². The molecular formula is C35H28F3N3O5S2. The van der Waals surface area contributed by atoms with Crippen molar-refractivity contribution in [2.75, 3.05) is 16.8 Å². The summed E-state index contributed by atoms with van der Waals surface area (Å²) in [6, 6.07) is 19.5. The number of aryl methyl sites for hydroxylation is 1. The van der Waals surface area contributed by atoms with E-state index in [1.807, 2.05) is 43.3 Å². The first-order valence-corrected chi connectivity index (χ1v) is 17.2. The molecular weight excluding hydrogens is 664 g/mol. The lowest BCUT2D eigenvalue weighted by atomic mass is 9.68. The maximum absolute atomic E-state index is 14.0. The molecule has 0 spiro atoms. The Kier molecular flexibility index (Phi) is 7.33.